The van der Waals surface area contributed by atoms with Gasteiger partial charge in [0.05, 0.1) is 16.4 Å². The van der Waals surface area contributed by atoms with Crippen LogP contribution in [0.2, 0.25) is 5.02 Å². The van der Waals surface area contributed by atoms with Crippen LogP contribution in [0.5, 0.6) is 0 Å². The quantitative estimate of drug-likeness (QED) is 0.727. The third kappa shape index (κ3) is 3.61. The van der Waals surface area contributed by atoms with Crippen LogP contribution in [0, 0.1) is 18.7 Å². The second-order valence-corrected chi connectivity index (χ2v) is 6.05. The van der Waals surface area contributed by atoms with Crippen molar-refractivity contribution in [1.82, 2.24) is 9.78 Å². The molecule has 0 fully saturated rings. The summed E-state index contributed by atoms with van der Waals surface area (Å²) < 4.78 is 15.1. The second kappa shape index (κ2) is 6.72. The lowest BCUT2D eigenvalue weighted by Crippen LogP contribution is -2.13. The van der Waals surface area contributed by atoms with Crippen molar-refractivity contribution in [2.24, 2.45) is 13.0 Å². The predicted octanol–water partition coefficient (Wildman–Crippen LogP) is 4.32. The second-order valence-electron chi connectivity index (χ2n) is 5.03. The summed E-state index contributed by atoms with van der Waals surface area (Å²) >= 11 is 9.82. The van der Waals surface area contributed by atoms with Crippen molar-refractivity contribution in [2.45, 2.75) is 19.8 Å². The number of hydrogen-bond acceptors (Lipinski definition) is 1. The van der Waals surface area contributed by atoms with Crippen LogP contribution in [-0.2, 0) is 19.9 Å². The molecule has 0 amide bonds. The maximum Gasteiger partial charge on any atom is 0.123 e. The fraction of sp³-hybridized carbons (Fsp3) is 0.400. The molecule has 0 spiro atoms. The highest BCUT2D eigenvalue weighted by Crippen LogP contribution is 2.24. The van der Waals surface area contributed by atoms with E-state index in [1.54, 1.807) is 12.1 Å². The van der Waals surface area contributed by atoms with Gasteiger partial charge in [-0.05, 0) is 43.4 Å². The van der Waals surface area contributed by atoms with Crippen LogP contribution in [0.25, 0.3) is 0 Å². The molecule has 1 atom stereocenters. The van der Waals surface area contributed by atoms with Crippen molar-refractivity contribution in [3.63, 3.8) is 0 Å². The van der Waals surface area contributed by atoms with E-state index < -0.39 is 0 Å². The monoisotopic (exact) mass is 358 g/mol. The van der Waals surface area contributed by atoms with Gasteiger partial charge in [0, 0.05) is 12.4 Å². The van der Waals surface area contributed by atoms with Gasteiger partial charge in [0.1, 0.15) is 5.82 Å². The van der Waals surface area contributed by atoms with E-state index in [0.717, 1.165) is 40.1 Å². The van der Waals surface area contributed by atoms with E-state index in [9.17, 15) is 4.39 Å². The molecular weight excluding hydrogens is 343 g/mol. The van der Waals surface area contributed by atoms with E-state index in [-0.39, 0.29) is 5.82 Å². The molecule has 0 saturated carbocycles. The summed E-state index contributed by atoms with van der Waals surface area (Å²) in [4.78, 5) is 0. The summed E-state index contributed by atoms with van der Waals surface area (Å²) in [6.45, 7) is 1.90. The fourth-order valence-corrected chi connectivity index (χ4v) is 3.05. The highest BCUT2D eigenvalue weighted by Gasteiger charge is 2.17. The Morgan fingerprint density at radius 1 is 1.40 bits per heavy atom. The van der Waals surface area contributed by atoms with Gasteiger partial charge >= 0.3 is 0 Å². The van der Waals surface area contributed by atoms with Crippen LogP contribution in [0.1, 0.15) is 17.0 Å². The lowest BCUT2D eigenvalue weighted by molar-refractivity contribution is 0.553. The molecule has 0 bridgehead atoms. The molecule has 2 nitrogen and oxygen atoms in total. The maximum atomic E-state index is 13.2. The number of hydrogen-bond donors (Lipinski definition) is 0. The molecule has 1 aromatic heterocycles. The van der Waals surface area contributed by atoms with Gasteiger partial charge in [0.25, 0.3) is 0 Å². The molecule has 1 heterocycles. The number of halogens is 3. The van der Waals surface area contributed by atoms with Crippen molar-refractivity contribution in [3.05, 3.63) is 52.1 Å². The highest BCUT2D eigenvalue weighted by molar-refractivity contribution is 9.09. The summed E-state index contributed by atoms with van der Waals surface area (Å²) in [6.07, 6.45) is 1.63. The Bertz CT molecular complexity index is 598. The first kappa shape index (κ1) is 15.5. The zero-order valence-electron chi connectivity index (χ0n) is 11.5. The largest absolute Gasteiger partial charge is 0.271 e. The summed E-state index contributed by atoms with van der Waals surface area (Å²) in [5, 5.41) is 5.90. The highest BCUT2D eigenvalue weighted by atomic mass is 79.9. The van der Waals surface area contributed by atoms with Crippen LogP contribution in [-0.4, -0.2) is 15.1 Å². The minimum atomic E-state index is -0.190. The first-order valence-electron chi connectivity index (χ1n) is 6.49. The standard InChI is InChI=1S/C15H17BrClFN2/c1-10-15(17)14(20(2)19-10)8-12(9-16)6-11-4-3-5-13(18)7-11/h3-5,7,12H,6,8-9H2,1-2H3. The molecule has 0 aliphatic carbocycles. The normalized spacial score (nSPS) is 12.7. The number of aryl methyl sites for hydroxylation is 2. The molecule has 108 valence electrons. The van der Waals surface area contributed by atoms with E-state index in [2.05, 4.69) is 21.0 Å². The predicted molar refractivity (Wildman–Crippen MR) is 84.0 cm³/mol. The first-order valence-corrected chi connectivity index (χ1v) is 7.99. The molecule has 0 aliphatic heterocycles. The van der Waals surface area contributed by atoms with Gasteiger partial charge < -0.3 is 0 Å². The third-order valence-corrected chi connectivity index (χ3v) is 4.78. The number of aromatic nitrogens is 2. The topological polar surface area (TPSA) is 17.8 Å². The molecule has 0 radical (unpaired) electrons. The molecule has 20 heavy (non-hydrogen) atoms. The minimum absolute atomic E-state index is 0.190. The Balaban J connectivity index is 2.13. The average molecular weight is 360 g/mol. The lowest BCUT2D eigenvalue weighted by atomic mass is 9.96. The number of benzene rings is 1. The van der Waals surface area contributed by atoms with Gasteiger partial charge in [-0.1, -0.05) is 39.7 Å². The molecule has 2 aromatic rings. The van der Waals surface area contributed by atoms with E-state index in [4.69, 9.17) is 11.6 Å². The molecule has 0 aliphatic rings. The van der Waals surface area contributed by atoms with Gasteiger partial charge in [-0.15, -0.1) is 0 Å². The average Bonchev–Trinajstić information content (AvgIpc) is 2.64. The number of nitrogens with zero attached hydrogens (tertiary/aromatic N) is 2. The summed E-state index contributed by atoms with van der Waals surface area (Å²) in [6, 6.07) is 6.76. The Morgan fingerprint density at radius 2 is 2.15 bits per heavy atom. The summed E-state index contributed by atoms with van der Waals surface area (Å²) in [5.41, 5.74) is 2.89. The molecule has 0 saturated heterocycles. The molecule has 5 heteroatoms. The third-order valence-electron chi connectivity index (χ3n) is 3.38. The van der Waals surface area contributed by atoms with Gasteiger partial charge in [-0.3, -0.25) is 4.68 Å². The van der Waals surface area contributed by atoms with Crippen molar-refractivity contribution in [2.75, 3.05) is 5.33 Å². The van der Waals surface area contributed by atoms with Crippen molar-refractivity contribution in [3.8, 4) is 0 Å². The number of alkyl halides is 1. The van der Waals surface area contributed by atoms with Gasteiger partial charge in [-0.2, -0.15) is 5.10 Å². The molecule has 0 N–H and O–H groups in total. The summed E-state index contributed by atoms with van der Waals surface area (Å²) in [7, 11) is 1.90. The van der Waals surface area contributed by atoms with Crippen LogP contribution in [0.3, 0.4) is 0 Å². The van der Waals surface area contributed by atoms with Crippen LogP contribution < -0.4 is 0 Å². The molecule has 1 unspecified atom stereocenters. The minimum Gasteiger partial charge on any atom is -0.271 e. The van der Waals surface area contributed by atoms with Gasteiger partial charge in [-0.25, -0.2) is 4.39 Å². The van der Waals surface area contributed by atoms with E-state index in [1.807, 2.05) is 24.7 Å². The van der Waals surface area contributed by atoms with Crippen LogP contribution in [0.4, 0.5) is 4.39 Å². The zero-order chi connectivity index (χ0) is 14.7. The van der Waals surface area contributed by atoms with Gasteiger partial charge in [0.15, 0.2) is 0 Å². The van der Waals surface area contributed by atoms with E-state index in [0.29, 0.717) is 5.92 Å². The van der Waals surface area contributed by atoms with E-state index in [1.165, 1.54) is 6.07 Å². The van der Waals surface area contributed by atoms with Crippen LogP contribution in [0.15, 0.2) is 24.3 Å². The Morgan fingerprint density at radius 3 is 2.70 bits per heavy atom. The summed E-state index contributed by atoms with van der Waals surface area (Å²) in [5.74, 6) is 0.161. The van der Waals surface area contributed by atoms with Crippen molar-refractivity contribution < 1.29 is 4.39 Å². The molecule has 2 rings (SSSR count). The number of rotatable bonds is 5. The zero-order valence-corrected chi connectivity index (χ0v) is 13.9. The maximum absolute atomic E-state index is 13.2. The first-order chi connectivity index (χ1) is 9.51. The van der Waals surface area contributed by atoms with Crippen molar-refractivity contribution >= 4 is 27.5 Å². The fourth-order valence-electron chi connectivity index (χ4n) is 2.35. The molecular formula is C15H17BrClFN2. The van der Waals surface area contributed by atoms with Crippen LogP contribution >= 0.6 is 27.5 Å². The smallest absolute Gasteiger partial charge is 0.123 e. The Labute approximate surface area is 132 Å². The van der Waals surface area contributed by atoms with Crippen molar-refractivity contribution in [1.29, 1.82) is 0 Å². The van der Waals surface area contributed by atoms with E-state index >= 15 is 0 Å². The SMILES string of the molecule is Cc1nn(C)c(CC(CBr)Cc2cccc(F)c2)c1Cl. The Kier molecular flexibility index (Phi) is 5.22. The van der Waals surface area contributed by atoms with Gasteiger partial charge in [0.2, 0.25) is 0 Å². The lowest BCUT2D eigenvalue weighted by Gasteiger charge is -2.14. The molecule has 1 aromatic carbocycles. The Hall–Kier alpha value is -0.870.